The highest BCUT2D eigenvalue weighted by Crippen LogP contribution is 2.35. The van der Waals surface area contributed by atoms with E-state index in [0.29, 0.717) is 17.7 Å². The zero-order valence-corrected chi connectivity index (χ0v) is 11.5. The third-order valence-corrected chi connectivity index (χ3v) is 3.95. The van der Waals surface area contributed by atoms with Gasteiger partial charge in [-0.15, -0.1) is 0 Å². The summed E-state index contributed by atoms with van der Waals surface area (Å²) < 4.78 is 1.58. The molecular formula is C16H16N2O2. The van der Waals surface area contributed by atoms with Gasteiger partial charge in [-0.3, -0.25) is 14.3 Å². The van der Waals surface area contributed by atoms with Crippen LogP contribution < -0.4 is 0 Å². The van der Waals surface area contributed by atoms with E-state index < -0.39 is 5.92 Å². The van der Waals surface area contributed by atoms with Crippen molar-refractivity contribution in [3.05, 3.63) is 53.3 Å². The normalized spacial score (nSPS) is 21.6. The molecule has 4 heteroatoms. The van der Waals surface area contributed by atoms with Crippen LogP contribution in [0.15, 0.2) is 36.5 Å². The second-order valence-corrected chi connectivity index (χ2v) is 5.38. The fourth-order valence-corrected chi connectivity index (χ4v) is 2.88. The topological polar surface area (TPSA) is 52.0 Å². The molecule has 2 unspecified atom stereocenters. The molecule has 2 aromatic rings. The fraction of sp³-hybridized carbons (Fsp3) is 0.312. The third kappa shape index (κ3) is 1.97. The molecule has 0 radical (unpaired) electrons. The first kappa shape index (κ1) is 12.8. The van der Waals surface area contributed by atoms with Gasteiger partial charge in [0.2, 0.25) is 0 Å². The van der Waals surface area contributed by atoms with Crippen LogP contribution in [-0.2, 0) is 7.05 Å². The number of fused-ring (bicyclic) bond motifs is 1. The van der Waals surface area contributed by atoms with Crippen molar-refractivity contribution in [2.24, 2.45) is 13.0 Å². The molecule has 1 aliphatic rings. The molecule has 1 aliphatic carbocycles. The molecule has 102 valence electrons. The Kier molecular flexibility index (Phi) is 3.01. The van der Waals surface area contributed by atoms with E-state index in [2.05, 4.69) is 12.0 Å². The SMILES string of the molecule is CC1CC(C(=O)c2ccn(C)n2)C(=O)c2ccccc21. The molecule has 2 atom stereocenters. The van der Waals surface area contributed by atoms with Gasteiger partial charge in [0, 0.05) is 18.8 Å². The summed E-state index contributed by atoms with van der Waals surface area (Å²) in [5, 5.41) is 4.12. The van der Waals surface area contributed by atoms with Crippen LogP contribution in [0.1, 0.15) is 45.7 Å². The van der Waals surface area contributed by atoms with Gasteiger partial charge in [0.15, 0.2) is 11.6 Å². The minimum Gasteiger partial charge on any atom is -0.293 e. The third-order valence-electron chi connectivity index (χ3n) is 3.95. The monoisotopic (exact) mass is 268 g/mol. The van der Waals surface area contributed by atoms with Crippen molar-refractivity contribution in [3.63, 3.8) is 0 Å². The summed E-state index contributed by atoms with van der Waals surface area (Å²) in [6.07, 6.45) is 2.28. The Morgan fingerprint density at radius 1 is 1.30 bits per heavy atom. The van der Waals surface area contributed by atoms with Crippen LogP contribution in [0.3, 0.4) is 0 Å². The van der Waals surface area contributed by atoms with Crippen molar-refractivity contribution in [3.8, 4) is 0 Å². The molecule has 1 aromatic carbocycles. The molecule has 1 heterocycles. The molecule has 20 heavy (non-hydrogen) atoms. The van der Waals surface area contributed by atoms with Crippen LogP contribution in [0.4, 0.5) is 0 Å². The van der Waals surface area contributed by atoms with E-state index >= 15 is 0 Å². The second kappa shape index (κ2) is 4.71. The summed E-state index contributed by atoms with van der Waals surface area (Å²) in [4.78, 5) is 25.0. The number of aromatic nitrogens is 2. The zero-order chi connectivity index (χ0) is 14.3. The van der Waals surface area contributed by atoms with Gasteiger partial charge >= 0.3 is 0 Å². The summed E-state index contributed by atoms with van der Waals surface area (Å²) in [5.74, 6) is -0.636. The van der Waals surface area contributed by atoms with Crippen molar-refractivity contribution in [2.75, 3.05) is 0 Å². The highest BCUT2D eigenvalue weighted by molar-refractivity contribution is 6.16. The van der Waals surface area contributed by atoms with Crippen molar-refractivity contribution in [1.29, 1.82) is 0 Å². The van der Waals surface area contributed by atoms with Crippen molar-refractivity contribution < 1.29 is 9.59 Å². The lowest BCUT2D eigenvalue weighted by atomic mass is 9.75. The maximum atomic E-state index is 12.5. The van der Waals surface area contributed by atoms with Crippen molar-refractivity contribution in [1.82, 2.24) is 9.78 Å². The Hall–Kier alpha value is -2.23. The number of hydrogen-bond donors (Lipinski definition) is 0. The van der Waals surface area contributed by atoms with Gasteiger partial charge in [-0.25, -0.2) is 0 Å². The highest BCUT2D eigenvalue weighted by Gasteiger charge is 2.36. The van der Waals surface area contributed by atoms with Gasteiger partial charge in [0.25, 0.3) is 0 Å². The number of carbonyl (C=O) groups is 2. The van der Waals surface area contributed by atoms with Crippen LogP contribution >= 0.6 is 0 Å². The maximum absolute atomic E-state index is 12.5. The lowest BCUT2D eigenvalue weighted by Gasteiger charge is -2.26. The Labute approximate surface area is 117 Å². The van der Waals surface area contributed by atoms with Gasteiger partial charge < -0.3 is 0 Å². The number of benzene rings is 1. The van der Waals surface area contributed by atoms with Crippen LogP contribution in [0.2, 0.25) is 0 Å². The summed E-state index contributed by atoms with van der Waals surface area (Å²) in [6, 6.07) is 9.23. The van der Waals surface area contributed by atoms with E-state index in [1.54, 1.807) is 24.0 Å². The minimum atomic E-state index is -0.602. The molecular weight excluding hydrogens is 252 g/mol. The molecule has 0 saturated heterocycles. The van der Waals surface area contributed by atoms with E-state index in [0.717, 1.165) is 5.56 Å². The maximum Gasteiger partial charge on any atom is 0.193 e. The van der Waals surface area contributed by atoms with E-state index in [1.165, 1.54) is 0 Å². The van der Waals surface area contributed by atoms with Crippen LogP contribution in [-0.4, -0.2) is 21.3 Å². The first-order valence-corrected chi connectivity index (χ1v) is 6.75. The predicted octanol–water partition coefficient (Wildman–Crippen LogP) is 2.61. The molecule has 0 N–H and O–H groups in total. The molecule has 0 amide bonds. The van der Waals surface area contributed by atoms with E-state index in [1.807, 2.05) is 24.3 Å². The van der Waals surface area contributed by atoms with Gasteiger partial charge in [0.1, 0.15) is 5.69 Å². The van der Waals surface area contributed by atoms with Gasteiger partial charge in [-0.05, 0) is 24.0 Å². The number of aryl methyl sites for hydroxylation is 1. The number of ketones is 2. The Bertz CT molecular complexity index is 687. The first-order chi connectivity index (χ1) is 9.58. The number of carbonyl (C=O) groups excluding carboxylic acids is 2. The fourth-order valence-electron chi connectivity index (χ4n) is 2.88. The summed E-state index contributed by atoms with van der Waals surface area (Å²) in [7, 11) is 1.76. The molecule has 0 bridgehead atoms. The molecule has 1 aromatic heterocycles. The van der Waals surface area contributed by atoms with Crippen LogP contribution in [0.5, 0.6) is 0 Å². The molecule has 4 nitrogen and oxygen atoms in total. The van der Waals surface area contributed by atoms with Crippen molar-refractivity contribution in [2.45, 2.75) is 19.3 Å². The standard InChI is InChI=1S/C16H16N2O2/c1-10-9-13(16(20)14-7-8-18(2)17-14)15(19)12-6-4-3-5-11(10)12/h3-8,10,13H,9H2,1-2H3. The first-order valence-electron chi connectivity index (χ1n) is 6.75. The molecule has 3 rings (SSSR count). The Morgan fingerprint density at radius 2 is 2.05 bits per heavy atom. The number of hydrogen-bond acceptors (Lipinski definition) is 3. The molecule has 0 spiro atoms. The van der Waals surface area contributed by atoms with E-state index in [-0.39, 0.29) is 17.5 Å². The lowest BCUT2D eigenvalue weighted by Crippen LogP contribution is -2.31. The highest BCUT2D eigenvalue weighted by atomic mass is 16.2. The molecule has 0 saturated carbocycles. The summed E-state index contributed by atoms with van der Waals surface area (Å²) >= 11 is 0. The van der Waals surface area contributed by atoms with Gasteiger partial charge in [0.05, 0.1) is 5.92 Å². The van der Waals surface area contributed by atoms with Crippen molar-refractivity contribution >= 4 is 11.6 Å². The minimum absolute atomic E-state index is 0.0747. The van der Waals surface area contributed by atoms with Crippen LogP contribution in [0, 0.1) is 5.92 Å². The average molecular weight is 268 g/mol. The van der Waals surface area contributed by atoms with Gasteiger partial charge in [-0.1, -0.05) is 31.2 Å². The smallest absolute Gasteiger partial charge is 0.193 e. The van der Waals surface area contributed by atoms with Crippen LogP contribution in [0.25, 0.3) is 0 Å². The second-order valence-electron chi connectivity index (χ2n) is 5.38. The quantitative estimate of drug-likeness (QED) is 0.621. The molecule has 0 fully saturated rings. The summed E-state index contributed by atoms with van der Waals surface area (Å²) in [5.41, 5.74) is 2.10. The molecule has 0 aliphatic heterocycles. The average Bonchev–Trinajstić information content (AvgIpc) is 2.89. The number of Topliss-reactive ketones (excluding diaryl/α,β-unsaturated/α-hetero) is 2. The van der Waals surface area contributed by atoms with E-state index in [4.69, 9.17) is 0 Å². The Morgan fingerprint density at radius 3 is 2.75 bits per heavy atom. The summed E-state index contributed by atoms with van der Waals surface area (Å²) in [6.45, 7) is 2.06. The lowest BCUT2D eigenvalue weighted by molar-refractivity contribution is 0.0778. The Balaban J connectivity index is 1.97. The zero-order valence-electron chi connectivity index (χ0n) is 11.5. The number of rotatable bonds is 2. The predicted molar refractivity (Wildman–Crippen MR) is 74.8 cm³/mol. The van der Waals surface area contributed by atoms with E-state index in [9.17, 15) is 9.59 Å². The van der Waals surface area contributed by atoms with Gasteiger partial charge in [-0.2, -0.15) is 5.10 Å². The largest absolute Gasteiger partial charge is 0.293 e. The number of nitrogens with zero attached hydrogens (tertiary/aromatic N) is 2.